The van der Waals surface area contributed by atoms with E-state index in [2.05, 4.69) is 5.32 Å². The van der Waals surface area contributed by atoms with Crippen LogP contribution in [0.4, 0.5) is 0 Å². The third-order valence-electron chi connectivity index (χ3n) is 4.57. The van der Waals surface area contributed by atoms with E-state index < -0.39 is 5.54 Å². The lowest BCUT2D eigenvalue weighted by atomic mass is 9.98. The van der Waals surface area contributed by atoms with Crippen molar-refractivity contribution in [2.75, 3.05) is 0 Å². The minimum atomic E-state index is -0.668. The zero-order valence-corrected chi connectivity index (χ0v) is 13.8. The van der Waals surface area contributed by atoms with E-state index in [-0.39, 0.29) is 5.91 Å². The predicted molar refractivity (Wildman–Crippen MR) is 94.4 cm³/mol. The number of nitrogens with one attached hydrogen (secondary N) is 1. The van der Waals surface area contributed by atoms with Crippen LogP contribution in [0.25, 0.3) is 0 Å². The van der Waals surface area contributed by atoms with Gasteiger partial charge in [0.1, 0.15) is 12.4 Å². The highest BCUT2D eigenvalue weighted by atomic mass is 16.5. The number of nitrogens with two attached hydrogens (primary N) is 1. The molecule has 0 unspecified atom stereocenters. The first-order valence-electron chi connectivity index (χ1n) is 8.49. The molecule has 0 atom stereocenters. The zero-order chi connectivity index (χ0) is 16.8. The maximum absolute atomic E-state index is 12.2. The summed E-state index contributed by atoms with van der Waals surface area (Å²) in [6, 6.07) is 17.9. The molecule has 0 aromatic heterocycles. The molecule has 0 heterocycles. The predicted octanol–water partition coefficient (Wildman–Crippen LogP) is 3.15. The van der Waals surface area contributed by atoms with E-state index in [4.69, 9.17) is 10.5 Å². The van der Waals surface area contributed by atoms with Crippen LogP contribution < -0.4 is 15.8 Å². The fourth-order valence-corrected chi connectivity index (χ4v) is 3.04. The van der Waals surface area contributed by atoms with Crippen LogP contribution in [-0.2, 0) is 17.9 Å². The maximum Gasteiger partial charge on any atom is 0.240 e. The molecule has 1 fully saturated rings. The number of benzene rings is 2. The van der Waals surface area contributed by atoms with E-state index >= 15 is 0 Å². The topological polar surface area (TPSA) is 64.4 Å². The third-order valence-corrected chi connectivity index (χ3v) is 4.57. The Hall–Kier alpha value is -2.33. The molecule has 0 radical (unpaired) electrons. The van der Waals surface area contributed by atoms with Crippen molar-refractivity contribution in [2.24, 2.45) is 5.73 Å². The molecule has 1 amide bonds. The molecule has 0 aliphatic heterocycles. The highest BCUT2D eigenvalue weighted by molar-refractivity contribution is 5.86. The summed E-state index contributed by atoms with van der Waals surface area (Å²) in [5.41, 5.74) is 7.66. The molecule has 3 N–H and O–H groups in total. The fourth-order valence-electron chi connectivity index (χ4n) is 3.04. The van der Waals surface area contributed by atoms with E-state index in [0.29, 0.717) is 13.2 Å². The SMILES string of the molecule is NC1(C(=O)NCc2ccc(OCc3ccccc3)cc2)CCCC1. The smallest absolute Gasteiger partial charge is 0.240 e. The number of carbonyl (C=O) groups excluding carboxylic acids is 1. The molecule has 0 saturated heterocycles. The number of hydrogen-bond acceptors (Lipinski definition) is 3. The Morgan fingerprint density at radius 2 is 1.67 bits per heavy atom. The Morgan fingerprint density at radius 1 is 1.00 bits per heavy atom. The van der Waals surface area contributed by atoms with Gasteiger partial charge < -0.3 is 15.8 Å². The summed E-state index contributed by atoms with van der Waals surface area (Å²) in [5.74, 6) is 0.782. The molecule has 0 bridgehead atoms. The van der Waals surface area contributed by atoms with Crippen LogP contribution >= 0.6 is 0 Å². The van der Waals surface area contributed by atoms with E-state index in [9.17, 15) is 4.79 Å². The van der Waals surface area contributed by atoms with Crippen LogP contribution in [0.5, 0.6) is 5.75 Å². The normalized spacial score (nSPS) is 15.9. The third kappa shape index (κ3) is 4.15. The van der Waals surface area contributed by atoms with E-state index in [1.54, 1.807) is 0 Å². The summed E-state index contributed by atoms with van der Waals surface area (Å²) in [6.07, 6.45) is 3.64. The van der Waals surface area contributed by atoms with Gasteiger partial charge in [0.05, 0.1) is 5.54 Å². The minimum absolute atomic E-state index is 0.0376. The van der Waals surface area contributed by atoms with E-state index in [1.807, 2.05) is 54.6 Å². The van der Waals surface area contributed by atoms with Crippen LogP contribution in [0.2, 0.25) is 0 Å². The van der Waals surface area contributed by atoms with E-state index in [1.165, 1.54) is 0 Å². The van der Waals surface area contributed by atoms with Gasteiger partial charge in [-0.15, -0.1) is 0 Å². The van der Waals surface area contributed by atoms with Gasteiger partial charge in [0, 0.05) is 6.54 Å². The standard InChI is InChI=1S/C20H24N2O2/c21-20(12-4-5-13-20)19(23)22-14-16-8-10-18(11-9-16)24-15-17-6-2-1-3-7-17/h1-3,6-11H,4-5,12-15,21H2,(H,22,23). The average Bonchev–Trinajstić information content (AvgIpc) is 3.07. The first kappa shape index (κ1) is 16.5. The lowest BCUT2D eigenvalue weighted by Crippen LogP contribution is -2.51. The summed E-state index contributed by atoms with van der Waals surface area (Å²) in [6.45, 7) is 1.05. The summed E-state index contributed by atoms with van der Waals surface area (Å²) < 4.78 is 5.76. The van der Waals surface area contributed by atoms with Gasteiger partial charge in [-0.05, 0) is 36.1 Å². The second-order valence-electron chi connectivity index (χ2n) is 6.46. The van der Waals surface area contributed by atoms with Gasteiger partial charge >= 0.3 is 0 Å². The second-order valence-corrected chi connectivity index (χ2v) is 6.46. The highest BCUT2D eigenvalue weighted by Crippen LogP contribution is 2.27. The lowest BCUT2D eigenvalue weighted by Gasteiger charge is -2.22. The first-order valence-corrected chi connectivity index (χ1v) is 8.49. The van der Waals surface area contributed by atoms with Crippen molar-refractivity contribution in [1.82, 2.24) is 5.32 Å². The van der Waals surface area contributed by atoms with Gasteiger partial charge in [-0.2, -0.15) is 0 Å². The molecule has 1 aliphatic carbocycles. The molecular formula is C20H24N2O2. The van der Waals surface area contributed by atoms with Gasteiger partial charge in [-0.25, -0.2) is 0 Å². The molecule has 24 heavy (non-hydrogen) atoms. The van der Waals surface area contributed by atoms with Crippen LogP contribution in [0.3, 0.4) is 0 Å². The molecule has 2 aromatic rings. The van der Waals surface area contributed by atoms with Crippen molar-refractivity contribution >= 4 is 5.91 Å². The summed E-state index contributed by atoms with van der Waals surface area (Å²) in [5, 5.41) is 2.95. The van der Waals surface area contributed by atoms with Gasteiger partial charge in [0.15, 0.2) is 0 Å². The zero-order valence-electron chi connectivity index (χ0n) is 13.8. The molecular weight excluding hydrogens is 300 g/mol. The van der Waals surface area contributed by atoms with E-state index in [0.717, 1.165) is 42.6 Å². The van der Waals surface area contributed by atoms with Gasteiger partial charge in [-0.3, -0.25) is 4.79 Å². The second kappa shape index (κ2) is 7.49. The van der Waals surface area contributed by atoms with Crippen molar-refractivity contribution in [1.29, 1.82) is 0 Å². The fraction of sp³-hybridized carbons (Fsp3) is 0.350. The number of ether oxygens (including phenoxy) is 1. The molecule has 1 saturated carbocycles. The molecule has 126 valence electrons. The largest absolute Gasteiger partial charge is 0.489 e. The summed E-state index contributed by atoms with van der Waals surface area (Å²) >= 11 is 0. The molecule has 2 aromatic carbocycles. The Labute approximate surface area is 143 Å². The molecule has 4 heteroatoms. The molecule has 0 spiro atoms. The monoisotopic (exact) mass is 324 g/mol. The van der Waals surface area contributed by atoms with Crippen molar-refractivity contribution in [3.63, 3.8) is 0 Å². The van der Waals surface area contributed by atoms with Crippen LogP contribution in [-0.4, -0.2) is 11.4 Å². The van der Waals surface area contributed by atoms with Crippen molar-refractivity contribution in [3.05, 3.63) is 65.7 Å². The van der Waals surface area contributed by atoms with Crippen molar-refractivity contribution < 1.29 is 9.53 Å². The first-order chi connectivity index (χ1) is 11.7. The van der Waals surface area contributed by atoms with Crippen molar-refractivity contribution in [2.45, 2.75) is 44.4 Å². The number of carbonyl (C=O) groups is 1. The van der Waals surface area contributed by atoms with Gasteiger partial charge in [0.2, 0.25) is 5.91 Å². The Morgan fingerprint density at radius 3 is 2.33 bits per heavy atom. The number of amides is 1. The summed E-state index contributed by atoms with van der Waals surface area (Å²) in [7, 11) is 0. The van der Waals surface area contributed by atoms with Gasteiger partial charge in [-0.1, -0.05) is 55.3 Å². The summed E-state index contributed by atoms with van der Waals surface area (Å²) in [4.78, 5) is 12.2. The van der Waals surface area contributed by atoms with Crippen molar-refractivity contribution in [3.8, 4) is 5.75 Å². The maximum atomic E-state index is 12.2. The quantitative estimate of drug-likeness (QED) is 0.858. The Kier molecular flexibility index (Phi) is 5.16. The highest BCUT2D eigenvalue weighted by Gasteiger charge is 2.36. The minimum Gasteiger partial charge on any atom is -0.489 e. The number of hydrogen-bond donors (Lipinski definition) is 2. The molecule has 3 rings (SSSR count). The average molecular weight is 324 g/mol. The lowest BCUT2D eigenvalue weighted by molar-refractivity contribution is -0.126. The molecule has 4 nitrogen and oxygen atoms in total. The Bertz CT molecular complexity index is 662. The Balaban J connectivity index is 1.48. The molecule has 1 aliphatic rings. The number of rotatable bonds is 6. The van der Waals surface area contributed by atoms with Gasteiger partial charge in [0.25, 0.3) is 0 Å². The van der Waals surface area contributed by atoms with Crippen LogP contribution in [0, 0.1) is 0 Å². The van der Waals surface area contributed by atoms with Crippen LogP contribution in [0.1, 0.15) is 36.8 Å². The van der Waals surface area contributed by atoms with Crippen LogP contribution in [0.15, 0.2) is 54.6 Å².